The van der Waals surface area contributed by atoms with Crippen LogP contribution in [0, 0.1) is 0 Å². The predicted molar refractivity (Wildman–Crippen MR) is 161 cm³/mol. The number of benzene rings is 3. The highest BCUT2D eigenvalue weighted by Crippen LogP contribution is 2.36. The van der Waals surface area contributed by atoms with E-state index < -0.39 is 17.6 Å². The molecular formula is C29H23Br2ClF3N5O3. The Labute approximate surface area is 266 Å². The number of phenols is 1. The van der Waals surface area contributed by atoms with E-state index in [-0.39, 0.29) is 17.9 Å². The summed E-state index contributed by atoms with van der Waals surface area (Å²) in [6.45, 7) is 2.33. The lowest BCUT2D eigenvalue weighted by molar-refractivity contribution is -0.137. The minimum Gasteiger partial charge on any atom is -0.506 e. The van der Waals surface area contributed by atoms with E-state index >= 15 is 0 Å². The molecule has 0 aliphatic carbocycles. The molecule has 1 aromatic heterocycles. The average molecular weight is 742 g/mol. The van der Waals surface area contributed by atoms with Crippen LogP contribution in [0.2, 0.25) is 5.02 Å². The van der Waals surface area contributed by atoms with Gasteiger partial charge >= 0.3 is 6.18 Å². The van der Waals surface area contributed by atoms with Crippen LogP contribution in [-0.4, -0.2) is 62.2 Å². The first-order chi connectivity index (χ1) is 20.5. The number of alkyl halides is 3. The van der Waals surface area contributed by atoms with E-state index in [9.17, 15) is 23.1 Å². The van der Waals surface area contributed by atoms with Gasteiger partial charge in [-0.05, 0) is 80.4 Å². The lowest BCUT2D eigenvalue weighted by Gasteiger charge is -2.35. The fourth-order valence-corrected chi connectivity index (χ4v) is 5.91. The number of phenolic OH excluding ortho intramolecular Hbond substituents is 1. The Morgan fingerprint density at radius 3 is 2.37 bits per heavy atom. The van der Waals surface area contributed by atoms with Crippen LogP contribution in [0.3, 0.4) is 0 Å². The van der Waals surface area contributed by atoms with Crippen LogP contribution in [0.25, 0.3) is 11.3 Å². The maximum absolute atomic E-state index is 13.1. The Hall–Kier alpha value is -3.26. The van der Waals surface area contributed by atoms with Crippen LogP contribution in [-0.2, 0) is 19.3 Å². The summed E-state index contributed by atoms with van der Waals surface area (Å²) in [7, 11) is 0. The largest absolute Gasteiger partial charge is 0.506 e. The number of aromatic hydroxyl groups is 1. The molecule has 4 aromatic rings. The molecule has 1 fully saturated rings. The van der Waals surface area contributed by atoms with E-state index in [0.29, 0.717) is 69.5 Å². The van der Waals surface area contributed by atoms with Crippen molar-refractivity contribution in [1.29, 1.82) is 0 Å². The topological polar surface area (TPSA) is 91.7 Å². The third kappa shape index (κ3) is 7.64. The minimum atomic E-state index is -4.51. The molecule has 43 heavy (non-hydrogen) atoms. The monoisotopic (exact) mass is 739 g/mol. The summed E-state index contributed by atoms with van der Waals surface area (Å²) in [4.78, 5) is 20.9. The Balaban J connectivity index is 1.19. The predicted octanol–water partition coefficient (Wildman–Crippen LogP) is 6.98. The van der Waals surface area contributed by atoms with E-state index in [1.165, 1.54) is 12.1 Å². The number of carbonyl (C=O) groups is 1. The first-order valence-electron chi connectivity index (χ1n) is 12.9. The smallest absolute Gasteiger partial charge is 0.416 e. The second kappa shape index (κ2) is 13.2. The lowest BCUT2D eigenvalue weighted by Crippen LogP contribution is -2.48. The van der Waals surface area contributed by atoms with Gasteiger partial charge in [0.05, 0.1) is 20.7 Å². The molecule has 0 bridgehead atoms. The number of ether oxygens (including phenoxy) is 1. The second-order valence-electron chi connectivity index (χ2n) is 9.74. The van der Waals surface area contributed by atoms with Gasteiger partial charge in [0.25, 0.3) is 5.91 Å². The van der Waals surface area contributed by atoms with Gasteiger partial charge in [-0.3, -0.25) is 9.69 Å². The van der Waals surface area contributed by atoms with Crippen molar-refractivity contribution in [3.05, 3.63) is 97.3 Å². The summed E-state index contributed by atoms with van der Waals surface area (Å²) < 4.78 is 46.3. The Bertz CT molecular complexity index is 1610. The van der Waals surface area contributed by atoms with Crippen LogP contribution in [0.4, 0.5) is 13.2 Å². The number of rotatable bonds is 7. The fraction of sp³-hybridized carbons (Fsp3) is 0.241. The molecule has 1 saturated heterocycles. The van der Waals surface area contributed by atoms with Crippen molar-refractivity contribution in [1.82, 2.24) is 25.0 Å². The number of hydrogen-bond acceptors (Lipinski definition) is 7. The number of amides is 1. The summed E-state index contributed by atoms with van der Waals surface area (Å²) in [5.74, 6) is 0.607. The van der Waals surface area contributed by atoms with Gasteiger partial charge in [0.2, 0.25) is 0 Å². The minimum absolute atomic E-state index is 0.0161. The number of piperazine rings is 1. The van der Waals surface area contributed by atoms with Crippen LogP contribution < -0.4 is 4.74 Å². The van der Waals surface area contributed by atoms with Gasteiger partial charge in [-0.1, -0.05) is 17.7 Å². The molecule has 0 unspecified atom stereocenters. The van der Waals surface area contributed by atoms with Crippen molar-refractivity contribution in [2.24, 2.45) is 0 Å². The zero-order valence-corrected chi connectivity index (χ0v) is 26.2. The summed E-state index contributed by atoms with van der Waals surface area (Å²) >= 11 is 12.9. The van der Waals surface area contributed by atoms with Gasteiger partial charge in [0, 0.05) is 54.4 Å². The Morgan fingerprint density at radius 2 is 1.72 bits per heavy atom. The Morgan fingerprint density at radius 1 is 1.00 bits per heavy atom. The quantitative estimate of drug-likeness (QED) is 0.219. The number of carbonyl (C=O) groups excluding carboxylic acids is 1. The molecule has 1 N–H and O–H groups in total. The van der Waals surface area contributed by atoms with Gasteiger partial charge in [-0.25, -0.2) is 4.98 Å². The third-order valence-electron chi connectivity index (χ3n) is 6.79. The zero-order valence-electron chi connectivity index (χ0n) is 22.3. The molecule has 1 aliphatic heterocycles. The first kappa shape index (κ1) is 31.2. The van der Waals surface area contributed by atoms with Crippen molar-refractivity contribution < 1.29 is 27.8 Å². The fourth-order valence-electron chi connectivity index (χ4n) is 4.53. The SMILES string of the molecule is O=C(c1cccc(C(F)(F)F)c1)N1CCN(Cc2cc(Cl)ccc2OCc2ncc(-c3cc(Br)c(O)c(Br)c3)nn2)CC1. The van der Waals surface area contributed by atoms with Crippen molar-refractivity contribution >= 4 is 49.4 Å². The van der Waals surface area contributed by atoms with Crippen LogP contribution >= 0.6 is 43.5 Å². The van der Waals surface area contributed by atoms with E-state index in [1.807, 2.05) is 0 Å². The van der Waals surface area contributed by atoms with Crippen LogP contribution in [0.15, 0.2) is 69.7 Å². The molecule has 0 atom stereocenters. The zero-order chi connectivity index (χ0) is 30.7. The molecule has 224 valence electrons. The van der Waals surface area contributed by atoms with Gasteiger partial charge in [0.1, 0.15) is 23.8 Å². The van der Waals surface area contributed by atoms with Gasteiger partial charge < -0.3 is 14.7 Å². The molecule has 0 spiro atoms. The molecule has 1 amide bonds. The Kier molecular flexibility index (Phi) is 9.54. The molecular weight excluding hydrogens is 719 g/mol. The number of hydrogen-bond donors (Lipinski definition) is 1. The first-order valence-corrected chi connectivity index (χ1v) is 14.9. The summed E-state index contributed by atoms with van der Waals surface area (Å²) in [5.41, 5.74) is 1.22. The van der Waals surface area contributed by atoms with Crippen molar-refractivity contribution in [3.8, 4) is 22.8 Å². The highest BCUT2D eigenvalue weighted by molar-refractivity contribution is 9.11. The average Bonchev–Trinajstić information content (AvgIpc) is 2.99. The van der Waals surface area contributed by atoms with Crippen molar-refractivity contribution in [2.75, 3.05) is 26.2 Å². The van der Waals surface area contributed by atoms with Crippen LogP contribution in [0.1, 0.15) is 27.3 Å². The molecule has 3 aromatic carbocycles. The van der Waals surface area contributed by atoms with Gasteiger partial charge in [0.15, 0.2) is 5.82 Å². The molecule has 5 rings (SSSR count). The van der Waals surface area contributed by atoms with E-state index in [2.05, 4.69) is 51.9 Å². The van der Waals surface area contributed by atoms with Crippen molar-refractivity contribution in [3.63, 3.8) is 0 Å². The highest BCUT2D eigenvalue weighted by atomic mass is 79.9. The van der Waals surface area contributed by atoms with Gasteiger partial charge in [-0.2, -0.15) is 13.2 Å². The molecule has 8 nitrogen and oxygen atoms in total. The molecule has 0 saturated carbocycles. The van der Waals surface area contributed by atoms with Crippen LogP contribution in [0.5, 0.6) is 11.5 Å². The molecule has 2 heterocycles. The van der Waals surface area contributed by atoms with Gasteiger partial charge in [-0.15, -0.1) is 10.2 Å². The van der Waals surface area contributed by atoms with E-state index in [0.717, 1.165) is 17.7 Å². The van der Waals surface area contributed by atoms with Crippen molar-refractivity contribution in [2.45, 2.75) is 19.3 Å². The second-order valence-corrected chi connectivity index (χ2v) is 11.9. The standard InChI is InChI=1S/C29H23Br2ClF3N5O3/c30-22-12-18(13-23(31)27(22)41)24-14-36-26(38-37-24)16-43-25-5-4-21(32)11-19(25)15-39-6-8-40(9-7-39)28(42)17-2-1-3-20(10-17)29(33,34)35/h1-5,10-14,41H,6-9,15-16H2. The third-order valence-corrected chi connectivity index (χ3v) is 8.24. The number of aromatic nitrogens is 3. The maximum Gasteiger partial charge on any atom is 0.416 e. The van der Waals surface area contributed by atoms with E-state index in [4.69, 9.17) is 16.3 Å². The highest BCUT2D eigenvalue weighted by Gasteiger charge is 2.32. The molecule has 0 radical (unpaired) electrons. The number of nitrogens with zero attached hydrogens (tertiary/aromatic N) is 5. The van der Waals surface area contributed by atoms with E-state index in [1.54, 1.807) is 41.4 Å². The lowest BCUT2D eigenvalue weighted by atomic mass is 10.1. The number of halogens is 6. The normalized spacial score (nSPS) is 14.1. The molecule has 1 aliphatic rings. The summed E-state index contributed by atoms with van der Waals surface area (Å²) in [6.07, 6.45) is -2.94. The summed E-state index contributed by atoms with van der Waals surface area (Å²) in [5, 5.41) is 18.9. The summed E-state index contributed by atoms with van der Waals surface area (Å²) in [6, 6.07) is 13.2. The maximum atomic E-state index is 13.1. The molecule has 14 heteroatoms.